The van der Waals surface area contributed by atoms with Crippen molar-refractivity contribution in [2.45, 2.75) is 51.7 Å². The molecule has 0 unspecified atom stereocenters. The van der Waals surface area contributed by atoms with Crippen LogP contribution in [0.2, 0.25) is 0 Å². The molecule has 5 nitrogen and oxygen atoms in total. The molecule has 1 N–H and O–H groups in total. The van der Waals surface area contributed by atoms with E-state index in [2.05, 4.69) is 41.2 Å². The van der Waals surface area contributed by atoms with Crippen LogP contribution < -0.4 is 5.32 Å². The van der Waals surface area contributed by atoms with Crippen LogP contribution in [0.25, 0.3) is 0 Å². The summed E-state index contributed by atoms with van der Waals surface area (Å²) in [6.45, 7) is 8.65. The van der Waals surface area contributed by atoms with Crippen molar-refractivity contribution in [2.24, 2.45) is 0 Å². The van der Waals surface area contributed by atoms with Crippen LogP contribution in [-0.2, 0) is 13.1 Å². The Hall–Kier alpha value is -0.940. The molecule has 1 aromatic rings. The molecule has 1 aliphatic rings. The summed E-state index contributed by atoms with van der Waals surface area (Å²) in [5, 5.41) is 7.71. The third-order valence-corrected chi connectivity index (χ3v) is 4.06. The van der Waals surface area contributed by atoms with Crippen LogP contribution in [0, 0.1) is 0 Å². The van der Waals surface area contributed by atoms with Crippen LogP contribution in [0.4, 0.5) is 0 Å². The summed E-state index contributed by atoms with van der Waals surface area (Å²) in [5.41, 5.74) is 0.313. The van der Waals surface area contributed by atoms with E-state index in [0.717, 1.165) is 38.4 Å². The van der Waals surface area contributed by atoms with Gasteiger partial charge in [0.15, 0.2) is 0 Å². The molecular weight excluding hydrogens is 226 g/mol. The monoisotopic (exact) mass is 251 g/mol. The molecule has 0 aromatic carbocycles. The van der Waals surface area contributed by atoms with Crippen molar-refractivity contribution in [2.75, 3.05) is 20.1 Å². The predicted octanol–water partition coefficient (Wildman–Crippen LogP) is 1.26. The average Bonchev–Trinajstić information content (AvgIpc) is 2.81. The largest absolute Gasteiger partial charge is 0.314 e. The van der Waals surface area contributed by atoms with Crippen molar-refractivity contribution in [1.29, 1.82) is 0 Å². The quantitative estimate of drug-likeness (QED) is 0.856. The van der Waals surface area contributed by atoms with E-state index in [1.165, 1.54) is 12.8 Å². The second-order valence-corrected chi connectivity index (χ2v) is 5.49. The predicted molar refractivity (Wildman–Crippen MR) is 72.3 cm³/mol. The molecule has 0 aliphatic carbocycles. The molecule has 1 saturated heterocycles. The number of likely N-dealkylation sites (tertiary alicyclic amines) is 1. The van der Waals surface area contributed by atoms with E-state index in [1.807, 2.05) is 4.68 Å². The van der Waals surface area contributed by atoms with Gasteiger partial charge in [-0.2, -0.15) is 5.10 Å². The molecule has 0 saturated carbocycles. The highest BCUT2D eigenvalue weighted by Gasteiger charge is 2.28. The molecule has 18 heavy (non-hydrogen) atoms. The SMILES string of the molecule is CCCn1ncnc1CN1CCC(C)(NC)CC1. The molecule has 0 atom stereocenters. The molecule has 0 spiro atoms. The highest BCUT2D eigenvalue weighted by Crippen LogP contribution is 2.21. The molecule has 1 aromatic heterocycles. The van der Waals surface area contributed by atoms with Gasteiger partial charge in [-0.05, 0) is 33.2 Å². The smallest absolute Gasteiger partial charge is 0.141 e. The second-order valence-electron chi connectivity index (χ2n) is 5.49. The van der Waals surface area contributed by atoms with Crippen LogP contribution in [-0.4, -0.2) is 45.3 Å². The summed E-state index contributed by atoms with van der Waals surface area (Å²) >= 11 is 0. The number of hydrogen-bond acceptors (Lipinski definition) is 4. The average molecular weight is 251 g/mol. The van der Waals surface area contributed by atoms with Crippen LogP contribution in [0.3, 0.4) is 0 Å². The maximum Gasteiger partial charge on any atom is 0.141 e. The summed E-state index contributed by atoms with van der Waals surface area (Å²) in [4.78, 5) is 6.86. The summed E-state index contributed by atoms with van der Waals surface area (Å²) < 4.78 is 2.03. The minimum absolute atomic E-state index is 0.313. The Kier molecular flexibility index (Phi) is 4.35. The maximum atomic E-state index is 4.38. The van der Waals surface area contributed by atoms with E-state index in [9.17, 15) is 0 Å². The van der Waals surface area contributed by atoms with Gasteiger partial charge in [0.05, 0.1) is 6.54 Å². The first-order chi connectivity index (χ1) is 8.67. The highest BCUT2D eigenvalue weighted by atomic mass is 15.3. The summed E-state index contributed by atoms with van der Waals surface area (Å²) in [5.74, 6) is 1.10. The number of rotatable bonds is 5. The zero-order valence-corrected chi connectivity index (χ0v) is 11.8. The lowest BCUT2D eigenvalue weighted by molar-refractivity contribution is 0.142. The molecule has 0 radical (unpaired) electrons. The van der Waals surface area contributed by atoms with Crippen molar-refractivity contribution >= 4 is 0 Å². The van der Waals surface area contributed by atoms with Gasteiger partial charge in [-0.1, -0.05) is 6.92 Å². The minimum atomic E-state index is 0.313. The van der Waals surface area contributed by atoms with Gasteiger partial charge in [-0.15, -0.1) is 0 Å². The molecule has 1 fully saturated rings. The van der Waals surface area contributed by atoms with E-state index in [0.29, 0.717) is 5.54 Å². The van der Waals surface area contributed by atoms with Crippen molar-refractivity contribution < 1.29 is 0 Å². The fourth-order valence-electron chi connectivity index (χ4n) is 2.46. The first-order valence-corrected chi connectivity index (χ1v) is 6.95. The van der Waals surface area contributed by atoms with Crippen LogP contribution in [0.15, 0.2) is 6.33 Å². The molecule has 0 bridgehead atoms. The standard InChI is InChI=1S/C13H25N5/c1-4-7-18-12(15-11-16-18)10-17-8-5-13(2,14-3)6-9-17/h11,14H,4-10H2,1-3H3. The van der Waals surface area contributed by atoms with E-state index in [1.54, 1.807) is 6.33 Å². The van der Waals surface area contributed by atoms with Gasteiger partial charge in [0.25, 0.3) is 0 Å². The fourth-order valence-corrected chi connectivity index (χ4v) is 2.46. The van der Waals surface area contributed by atoms with Gasteiger partial charge in [0, 0.05) is 25.2 Å². The van der Waals surface area contributed by atoms with Crippen LogP contribution in [0.1, 0.15) is 38.9 Å². The van der Waals surface area contributed by atoms with Crippen molar-refractivity contribution in [3.05, 3.63) is 12.2 Å². The van der Waals surface area contributed by atoms with Gasteiger partial charge in [0.2, 0.25) is 0 Å². The lowest BCUT2D eigenvalue weighted by Crippen LogP contribution is -2.49. The van der Waals surface area contributed by atoms with E-state index >= 15 is 0 Å². The molecule has 2 rings (SSSR count). The highest BCUT2D eigenvalue weighted by molar-refractivity contribution is 4.91. The van der Waals surface area contributed by atoms with Crippen molar-refractivity contribution in [3.63, 3.8) is 0 Å². The van der Waals surface area contributed by atoms with Gasteiger partial charge >= 0.3 is 0 Å². The number of aromatic nitrogens is 3. The van der Waals surface area contributed by atoms with E-state index in [-0.39, 0.29) is 0 Å². The van der Waals surface area contributed by atoms with E-state index in [4.69, 9.17) is 0 Å². The zero-order chi connectivity index (χ0) is 13.0. The molecule has 0 amide bonds. The summed E-state index contributed by atoms with van der Waals surface area (Å²) in [6.07, 6.45) is 5.18. The zero-order valence-electron chi connectivity index (χ0n) is 11.8. The molecule has 1 aliphatic heterocycles. The Bertz CT molecular complexity index is 365. The van der Waals surface area contributed by atoms with Gasteiger partial charge in [0.1, 0.15) is 12.2 Å². The number of hydrogen-bond donors (Lipinski definition) is 1. The molecule has 2 heterocycles. The Morgan fingerprint density at radius 3 is 2.72 bits per heavy atom. The van der Waals surface area contributed by atoms with Gasteiger partial charge < -0.3 is 5.32 Å². The number of piperidine rings is 1. The Morgan fingerprint density at radius 1 is 1.39 bits per heavy atom. The van der Waals surface area contributed by atoms with Crippen molar-refractivity contribution in [1.82, 2.24) is 25.0 Å². The van der Waals surface area contributed by atoms with Crippen LogP contribution >= 0.6 is 0 Å². The number of aryl methyl sites for hydroxylation is 1. The number of nitrogens with zero attached hydrogens (tertiary/aromatic N) is 4. The first kappa shape index (κ1) is 13.5. The first-order valence-electron chi connectivity index (χ1n) is 6.95. The van der Waals surface area contributed by atoms with Gasteiger partial charge in [-0.3, -0.25) is 4.90 Å². The van der Waals surface area contributed by atoms with E-state index < -0.39 is 0 Å². The Balaban J connectivity index is 1.89. The topological polar surface area (TPSA) is 46.0 Å². The Labute approximate surface area is 110 Å². The lowest BCUT2D eigenvalue weighted by atomic mass is 9.90. The van der Waals surface area contributed by atoms with Crippen LogP contribution in [0.5, 0.6) is 0 Å². The fraction of sp³-hybridized carbons (Fsp3) is 0.846. The maximum absolute atomic E-state index is 4.38. The van der Waals surface area contributed by atoms with Crippen molar-refractivity contribution in [3.8, 4) is 0 Å². The molecule has 102 valence electrons. The lowest BCUT2D eigenvalue weighted by Gasteiger charge is -2.39. The number of nitrogens with one attached hydrogen (secondary N) is 1. The molecule has 5 heteroatoms. The summed E-state index contributed by atoms with van der Waals surface area (Å²) in [6, 6.07) is 0. The van der Waals surface area contributed by atoms with Gasteiger partial charge in [-0.25, -0.2) is 9.67 Å². The Morgan fingerprint density at radius 2 is 2.11 bits per heavy atom. The summed E-state index contributed by atoms with van der Waals surface area (Å²) in [7, 11) is 2.06. The third-order valence-electron chi connectivity index (χ3n) is 4.06. The second kappa shape index (κ2) is 5.80. The third kappa shape index (κ3) is 3.09. The normalized spacial score (nSPS) is 20.2. The molecular formula is C13H25N5. The minimum Gasteiger partial charge on any atom is -0.314 e.